The number of unbranched alkanes of at least 4 members (excludes halogenated alkanes) is 1. The highest BCUT2D eigenvalue weighted by Crippen LogP contribution is 2.33. The Morgan fingerprint density at radius 1 is 0.918 bits per heavy atom. The van der Waals surface area contributed by atoms with Crippen LogP contribution in [0.5, 0.6) is 0 Å². The molecule has 1 saturated heterocycles. The van der Waals surface area contributed by atoms with Gasteiger partial charge in [-0.25, -0.2) is 14.5 Å². The average molecular weight is 839 g/mol. The molecule has 18 heteroatoms. The van der Waals surface area contributed by atoms with Crippen LogP contribution >= 0.6 is 0 Å². The van der Waals surface area contributed by atoms with Crippen molar-refractivity contribution in [2.45, 2.75) is 114 Å². The van der Waals surface area contributed by atoms with Crippen LogP contribution in [0.25, 0.3) is 11.0 Å². The summed E-state index contributed by atoms with van der Waals surface area (Å²) in [5.74, 6) is -3.97. The van der Waals surface area contributed by atoms with E-state index in [9.17, 15) is 33.9 Å². The number of Topliss-reactive ketones (excluding diaryl/α,β-unsaturated/α-hetero) is 1. The van der Waals surface area contributed by atoms with Crippen LogP contribution in [0.15, 0.2) is 67.0 Å². The van der Waals surface area contributed by atoms with E-state index in [2.05, 4.69) is 36.2 Å². The number of primary amides is 1. The average Bonchev–Trinajstić information content (AvgIpc) is 3.94. The van der Waals surface area contributed by atoms with Gasteiger partial charge in [0.2, 0.25) is 17.6 Å². The van der Waals surface area contributed by atoms with Crippen molar-refractivity contribution >= 4 is 46.5 Å². The summed E-state index contributed by atoms with van der Waals surface area (Å²) in [4.78, 5) is 90.8. The van der Waals surface area contributed by atoms with Gasteiger partial charge in [0, 0.05) is 19.5 Å². The van der Waals surface area contributed by atoms with Crippen molar-refractivity contribution in [3.8, 4) is 0 Å². The summed E-state index contributed by atoms with van der Waals surface area (Å²) in [6.45, 7) is 3.39. The van der Waals surface area contributed by atoms with Crippen LogP contribution < -0.4 is 21.7 Å². The van der Waals surface area contributed by atoms with Gasteiger partial charge >= 0.3 is 6.09 Å². The number of alkyl carbamates (subject to hydrolysis) is 1. The fourth-order valence-corrected chi connectivity index (χ4v) is 8.06. The summed E-state index contributed by atoms with van der Waals surface area (Å²) in [7, 11) is 0. The molecule has 4 aromatic rings. The predicted molar refractivity (Wildman–Crippen MR) is 221 cm³/mol. The Morgan fingerprint density at radius 2 is 1.64 bits per heavy atom. The van der Waals surface area contributed by atoms with Gasteiger partial charge in [-0.2, -0.15) is 0 Å². The quantitative estimate of drug-likeness (QED) is 0.0717. The molecule has 6 rings (SSSR count). The first-order valence-electron chi connectivity index (χ1n) is 20.8. The first kappa shape index (κ1) is 44.3. The summed E-state index contributed by atoms with van der Waals surface area (Å²) >= 11 is 0. The van der Waals surface area contributed by atoms with Crippen molar-refractivity contribution in [3.63, 3.8) is 0 Å². The number of ketones is 1. The maximum Gasteiger partial charge on any atom is 0.407 e. The number of amides is 5. The first-order chi connectivity index (χ1) is 29.3. The summed E-state index contributed by atoms with van der Waals surface area (Å²) in [5, 5.41) is 27.4. The topological polar surface area (TPSA) is 254 Å². The van der Waals surface area contributed by atoms with Crippen LogP contribution in [-0.2, 0) is 36.1 Å². The van der Waals surface area contributed by atoms with Crippen molar-refractivity contribution in [3.05, 3.63) is 83.9 Å². The van der Waals surface area contributed by atoms with Gasteiger partial charge in [0.15, 0.2) is 0 Å². The molecule has 5 amide bonds. The SMILES string of the molecule is CC(C)(O)c1cnnn1[C@H]1C[C@@H](C(=O)NC(CCCCNC(=O)OCc2ccccc2)C(=O)C(N)=O)N(C(=O)[C@@H](CC2CCCCC2)NC(=O)c2cnc3ccccc3n2)C1. The number of nitrogens with one attached hydrogen (secondary N) is 3. The van der Waals surface area contributed by atoms with E-state index in [1.807, 2.05) is 36.4 Å². The number of aromatic nitrogens is 5. The maximum atomic E-state index is 14.9. The number of hydrogen-bond acceptors (Lipinski definition) is 12. The van der Waals surface area contributed by atoms with E-state index in [-0.39, 0.29) is 44.1 Å². The van der Waals surface area contributed by atoms with Crippen LogP contribution in [0.4, 0.5) is 4.79 Å². The number of nitrogens with zero attached hydrogens (tertiary/aromatic N) is 6. The van der Waals surface area contributed by atoms with Crippen LogP contribution in [-0.4, -0.2) is 102 Å². The molecule has 1 aliphatic carbocycles. The number of aliphatic hydroxyl groups is 1. The highest BCUT2D eigenvalue weighted by Gasteiger charge is 2.45. The van der Waals surface area contributed by atoms with Gasteiger partial charge in [-0.1, -0.05) is 79.8 Å². The minimum atomic E-state index is -1.37. The van der Waals surface area contributed by atoms with Gasteiger partial charge in [0.25, 0.3) is 11.8 Å². The number of nitrogens with two attached hydrogens (primary N) is 1. The van der Waals surface area contributed by atoms with E-state index in [1.165, 1.54) is 22.0 Å². The van der Waals surface area contributed by atoms with E-state index < -0.39 is 65.3 Å². The molecule has 3 heterocycles. The zero-order valence-electron chi connectivity index (χ0n) is 34.5. The van der Waals surface area contributed by atoms with Crippen molar-refractivity contribution < 1.29 is 38.6 Å². The third-order valence-corrected chi connectivity index (χ3v) is 11.3. The molecule has 0 bridgehead atoms. The minimum Gasteiger partial charge on any atom is -0.445 e. The number of fused-ring (bicyclic) bond motifs is 1. The molecule has 2 aliphatic rings. The van der Waals surface area contributed by atoms with E-state index in [4.69, 9.17) is 10.5 Å². The number of carbonyl (C=O) groups excluding carboxylic acids is 6. The lowest BCUT2D eigenvalue weighted by molar-refractivity contribution is -0.142. The monoisotopic (exact) mass is 838 g/mol. The van der Waals surface area contributed by atoms with Gasteiger partial charge in [0.05, 0.1) is 41.2 Å². The second-order valence-electron chi connectivity index (χ2n) is 16.3. The zero-order valence-corrected chi connectivity index (χ0v) is 34.5. The van der Waals surface area contributed by atoms with Crippen molar-refractivity contribution in [1.82, 2.24) is 45.8 Å². The standard InChI is InChI=1S/C43H54N10O8/c1-43(2,60)36-24-47-51-53(36)29-22-35(40(57)49-32(37(54)38(44)55)19-11-12-20-45-42(59)61-26-28-15-7-4-8-16-28)52(25-29)41(58)33(21-27-13-5-3-6-14-27)50-39(56)34-23-46-30-17-9-10-18-31(30)48-34/h4,7-10,15-18,23-24,27,29,32-33,35,60H,3,5-6,11-14,19-22,25-26H2,1-2H3,(H2,44,55)(H,45,59)(H,49,57)(H,50,56)/t29-,32?,33+,35-/m0/s1. The molecule has 6 N–H and O–H groups in total. The number of para-hydroxylation sites is 2. The molecule has 61 heavy (non-hydrogen) atoms. The first-order valence-corrected chi connectivity index (χ1v) is 20.8. The van der Waals surface area contributed by atoms with E-state index in [1.54, 1.807) is 32.0 Å². The number of likely N-dealkylation sites (tertiary alicyclic amines) is 1. The highest BCUT2D eigenvalue weighted by molar-refractivity contribution is 6.37. The number of benzene rings is 2. The molecule has 0 spiro atoms. The molecule has 2 aromatic heterocycles. The third kappa shape index (κ3) is 11.7. The Kier molecular flexibility index (Phi) is 14.7. The molecule has 18 nitrogen and oxygen atoms in total. The molecule has 2 aromatic carbocycles. The van der Waals surface area contributed by atoms with Gasteiger partial charge in [-0.05, 0) is 63.1 Å². The highest BCUT2D eigenvalue weighted by atomic mass is 16.5. The predicted octanol–water partition coefficient (Wildman–Crippen LogP) is 3.00. The molecule has 1 aliphatic heterocycles. The molecular formula is C43H54N10O8. The number of hydrogen-bond donors (Lipinski definition) is 5. The zero-order chi connectivity index (χ0) is 43.5. The Labute approximate surface area is 353 Å². The number of carbonyl (C=O) groups is 6. The third-order valence-electron chi connectivity index (χ3n) is 11.3. The summed E-state index contributed by atoms with van der Waals surface area (Å²) in [5.41, 5.74) is 6.37. The molecule has 1 unspecified atom stereocenters. The minimum absolute atomic E-state index is 0.0107. The Hall–Kier alpha value is -6.30. The fraction of sp³-hybridized carbons (Fsp3) is 0.488. The molecule has 4 atom stereocenters. The van der Waals surface area contributed by atoms with Gasteiger partial charge in [-0.3, -0.25) is 29.0 Å². The van der Waals surface area contributed by atoms with Crippen molar-refractivity contribution in [2.75, 3.05) is 13.1 Å². The maximum absolute atomic E-state index is 14.9. The Morgan fingerprint density at radius 3 is 2.36 bits per heavy atom. The summed E-state index contributed by atoms with van der Waals surface area (Å²) in [6, 6.07) is 12.1. The van der Waals surface area contributed by atoms with Crippen LogP contribution in [0.3, 0.4) is 0 Å². The van der Waals surface area contributed by atoms with Gasteiger partial charge < -0.3 is 36.4 Å². The Balaban J connectivity index is 1.19. The summed E-state index contributed by atoms with van der Waals surface area (Å²) in [6.07, 6.45) is 7.97. The van der Waals surface area contributed by atoms with Crippen molar-refractivity contribution in [2.24, 2.45) is 11.7 Å². The van der Waals surface area contributed by atoms with Gasteiger partial charge in [0.1, 0.15) is 30.0 Å². The lowest BCUT2D eigenvalue weighted by atomic mass is 9.84. The molecule has 1 saturated carbocycles. The van der Waals surface area contributed by atoms with Crippen LogP contribution in [0.1, 0.15) is 106 Å². The molecular weight excluding hydrogens is 785 g/mol. The second kappa shape index (κ2) is 20.3. The number of ether oxygens (including phenoxy) is 1. The lowest BCUT2D eigenvalue weighted by Crippen LogP contribution is -2.56. The van der Waals surface area contributed by atoms with Crippen molar-refractivity contribution in [1.29, 1.82) is 0 Å². The van der Waals surface area contributed by atoms with Crippen LogP contribution in [0.2, 0.25) is 0 Å². The molecule has 0 radical (unpaired) electrons. The lowest BCUT2D eigenvalue weighted by Gasteiger charge is -2.32. The number of rotatable bonds is 18. The van der Waals surface area contributed by atoms with E-state index in [0.717, 1.165) is 37.7 Å². The normalized spacial score (nSPS) is 17.9. The van der Waals surface area contributed by atoms with E-state index >= 15 is 0 Å². The van der Waals surface area contributed by atoms with Gasteiger partial charge in [-0.15, -0.1) is 5.10 Å². The molecule has 2 fully saturated rings. The Bertz CT molecular complexity index is 2190. The summed E-state index contributed by atoms with van der Waals surface area (Å²) < 4.78 is 6.72. The van der Waals surface area contributed by atoms with E-state index in [0.29, 0.717) is 36.0 Å². The second-order valence-corrected chi connectivity index (χ2v) is 16.3. The smallest absolute Gasteiger partial charge is 0.407 e. The fourth-order valence-electron chi connectivity index (χ4n) is 8.06. The molecule has 324 valence electrons. The largest absolute Gasteiger partial charge is 0.445 e. The van der Waals surface area contributed by atoms with Crippen LogP contribution in [0, 0.1) is 5.92 Å².